The van der Waals surface area contributed by atoms with Crippen molar-refractivity contribution in [2.75, 3.05) is 24.4 Å². The fourth-order valence-electron chi connectivity index (χ4n) is 4.22. The van der Waals surface area contributed by atoms with Crippen LogP contribution in [0.15, 0.2) is 42.5 Å². The first-order chi connectivity index (χ1) is 15.3. The largest absolute Gasteiger partial charge is 0.497 e. The van der Waals surface area contributed by atoms with E-state index in [0.717, 1.165) is 0 Å². The van der Waals surface area contributed by atoms with Crippen molar-refractivity contribution in [1.82, 2.24) is 0 Å². The van der Waals surface area contributed by atoms with Crippen LogP contribution in [0.25, 0.3) is 0 Å². The van der Waals surface area contributed by atoms with Gasteiger partial charge < -0.3 is 14.8 Å². The van der Waals surface area contributed by atoms with Gasteiger partial charge in [0.1, 0.15) is 11.5 Å². The Kier molecular flexibility index (Phi) is 6.57. The Balaban J connectivity index is 1.52. The lowest BCUT2D eigenvalue weighted by Crippen LogP contribution is -2.34. The Bertz CT molecular complexity index is 1030. The molecule has 1 N–H and O–H groups in total. The van der Waals surface area contributed by atoms with Crippen molar-refractivity contribution in [2.45, 2.75) is 22.5 Å². The smallest absolute Gasteiger partial charge is 0.255 e. The van der Waals surface area contributed by atoms with Crippen LogP contribution in [0.5, 0.6) is 11.5 Å². The highest BCUT2D eigenvalue weighted by Crippen LogP contribution is 2.44. The average Bonchev–Trinajstić information content (AvgIpc) is 3.03. The predicted octanol–water partition coefficient (Wildman–Crippen LogP) is 4.38. The maximum Gasteiger partial charge on any atom is 0.255 e. The van der Waals surface area contributed by atoms with Crippen molar-refractivity contribution in [3.8, 4) is 11.5 Å². The van der Waals surface area contributed by atoms with Gasteiger partial charge in [-0.05, 0) is 49.2 Å². The SMILES string of the molecule is COc1ccc(OC)c(NC(=O)c2ccc(N3C(=O)[C@H]4C[C@@H](Br)[C@@H](Br)C[C@H]4C3=O)cc2)c1. The zero-order valence-electron chi connectivity index (χ0n) is 17.5. The van der Waals surface area contributed by atoms with Gasteiger partial charge in [-0.1, -0.05) is 31.9 Å². The number of alkyl halides is 2. The highest BCUT2D eigenvalue weighted by molar-refractivity contribution is 9.12. The first-order valence-corrected chi connectivity index (χ1v) is 12.0. The van der Waals surface area contributed by atoms with Crippen LogP contribution in [-0.2, 0) is 9.59 Å². The van der Waals surface area contributed by atoms with Crippen molar-refractivity contribution < 1.29 is 23.9 Å². The first kappa shape index (κ1) is 22.8. The maximum absolute atomic E-state index is 13.0. The number of carbonyl (C=O) groups is 3. The molecule has 0 bridgehead atoms. The van der Waals surface area contributed by atoms with E-state index in [-0.39, 0.29) is 39.2 Å². The van der Waals surface area contributed by atoms with Gasteiger partial charge in [0, 0.05) is 21.3 Å². The molecule has 1 aliphatic carbocycles. The number of halogens is 2. The van der Waals surface area contributed by atoms with E-state index >= 15 is 0 Å². The van der Waals surface area contributed by atoms with E-state index in [4.69, 9.17) is 9.47 Å². The number of nitrogens with one attached hydrogen (secondary N) is 1. The number of carbonyl (C=O) groups excluding carboxylic acids is 3. The summed E-state index contributed by atoms with van der Waals surface area (Å²) in [4.78, 5) is 40.2. The Morgan fingerprint density at radius 2 is 1.53 bits per heavy atom. The molecule has 9 heteroatoms. The molecule has 1 saturated carbocycles. The fourth-order valence-corrected chi connectivity index (χ4v) is 5.45. The van der Waals surface area contributed by atoms with Crippen molar-refractivity contribution >= 4 is 61.0 Å². The van der Waals surface area contributed by atoms with Gasteiger partial charge >= 0.3 is 0 Å². The summed E-state index contributed by atoms with van der Waals surface area (Å²) in [5, 5.41) is 2.81. The van der Waals surface area contributed by atoms with E-state index in [0.29, 0.717) is 41.3 Å². The van der Waals surface area contributed by atoms with Gasteiger partial charge in [0.15, 0.2) is 0 Å². The first-order valence-electron chi connectivity index (χ1n) is 10.1. The van der Waals surface area contributed by atoms with Crippen LogP contribution in [0, 0.1) is 11.8 Å². The van der Waals surface area contributed by atoms with Crippen LogP contribution in [0.4, 0.5) is 11.4 Å². The molecule has 2 fully saturated rings. The summed E-state index contributed by atoms with van der Waals surface area (Å²) in [7, 11) is 3.06. The molecule has 1 saturated heterocycles. The number of imide groups is 1. The molecule has 3 amide bonds. The lowest BCUT2D eigenvalue weighted by Gasteiger charge is -2.29. The van der Waals surface area contributed by atoms with Gasteiger partial charge in [-0.3, -0.25) is 19.3 Å². The highest BCUT2D eigenvalue weighted by Gasteiger charge is 2.52. The predicted molar refractivity (Wildman–Crippen MR) is 128 cm³/mol. The Morgan fingerprint density at radius 3 is 2.06 bits per heavy atom. The lowest BCUT2D eigenvalue weighted by molar-refractivity contribution is -0.122. The minimum Gasteiger partial charge on any atom is -0.497 e. The van der Waals surface area contributed by atoms with Crippen LogP contribution in [0.3, 0.4) is 0 Å². The molecule has 4 atom stereocenters. The quantitative estimate of drug-likeness (QED) is 0.429. The molecule has 1 aliphatic heterocycles. The van der Waals surface area contributed by atoms with E-state index in [2.05, 4.69) is 37.2 Å². The third-order valence-corrected chi connectivity index (χ3v) is 8.69. The van der Waals surface area contributed by atoms with Crippen LogP contribution in [0.1, 0.15) is 23.2 Å². The number of amides is 3. The molecular formula is C23H22Br2N2O5. The summed E-state index contributed by atoms with van der Waals surface area (Å²) >= 11 is 7.19. The van der Waals surface area contributed by atoms with Crippen molar-refractivity contribution in [1.29, 1.82) is 0 Å². The zero-order chi connectivity index (χ0) is 23.0. The Morgan fingerprint density at radius 1 is 0.938 bits per heavy atom. The average molecular weight is 566 g/mol. The molecule has 0 unspecified atom stereocenters. The topological polar surface area (TPSA) is 84.9 Å². The lowest BCUT2D eigenvalue weighted by atomic mass is 9.81. The summed E-state index contributed by atoms with van der Waals surface area (Å²) in [5.41, 5.74) is 1.34. The number of nitrogens with zero attached hydrogens (tertiary/aromatic N) is 1. The van der Waals surface area contributed by atoms with Gasteiger partial charge in [0.25, 0.3) is 5.91 Å². The molecular weight excluding hydrogens is 544 g/mol. The van der Waals surface area contributed by atoms with Crippen molar-refractivity contribution in [3.63, 3.8) is 0 Å². The number of ether oxygens (including phenoxy) is 2. The monoisotopic (exact) mass is 564 g/mol. The van der Waals surface area contributed by atoms with E-state index < -0.39 is 0 Å². The molecule has 0 radical (unpaired) electrons. The van der Waals surface area contributed by atoms with Gasteiger partial charge in [-0.15, -0.1) is 0 Å². The minimum atomic E-state index is -0.347. The second-order valence-electron chi connectivity index (χ2n) is 7.80. The molecule has 2 aliphatic rings. The van der Waals surface area contributed by atoms with Crippen LogP contribution < -0.4 is 19.7 Å². The minimum absolute atomic E-state index is 0.153. The summed E-state index contributed by atoms with van der Waals surface area (Å²) in [6, 6.07) is 11.6. The number of rotatable bonds is 5. The molecule has 168 valence electrons. The van der Waals surface area contributed by atoms with Crippen molar-refractivity contribution in [3.05, 3.63) is 48.0 Å². The van der Waals surface area contributed by atoms with Gasteiger partial charge in [0.2, 0.25) is 11.8 Å². The number of benzene rings is 2. The maximum atomic E-state index is 13.0. The number of hydrogen-bond donors (Lipinski definition) is 1. The van der Waals surface area contributed by atoms with Gasteiger partial charge in [0.05, 0.1) is 37.4 Å². The van der Waals surface area contributed by atoms with Gasteiger partial charge in [-0.25, -0.2) is 0 Å². The molecule has 7 nitrogen and oxygen atoms in total. The molecule has 2 aromatic carbocycles. The normalized spacial score (nSPS) is 24.8. The molecule has 2 aromatic rings. The molecule has 0 aromatic heterocycles. The number of methoxy groups -OCH3 is 2. The summed E-state index contributed by atoms with van der Waals surface area (Å²) in [6.07, 6.45) is 1.23. The highest BCUT2D eigenvalue weighted by atomic mass is 79.9. The third-order valence-electron chi connectivity index (χ3n) is 5.95. The van der Waals surface area contributed by atoms with Gasteiger partial charge in [-0.2, -0.15) is 0 Å². The fraction of sp³-hybridized carbons (Fsp3) is 0.348. The third kappa shape index (κ3) is 4.15. The molecule has 4 rings (SSSR count). The summed E-state index contributed by atoms with van der Waals surface area (Å²) < 4.78 is 10.5. The zero-order valence-corrected chi connectivity index (χ0v) is 20.7. The molecule has 32 heavy (non-hydrogen) atoms. The second-order valence-corrected chi connectivity index (χ2v) is 10.1. The summed E-state index contributed by atoms with van der Waals surface area (Å²) in [5.74, 6) is -0.250. The molecule has 1 heterocycles. The van der Waals surface area contributed by atoms with Crippen molar-refractivity contribution in [2.24, 2.45) is 11.8 Å². The summed E-state index contributed by atoms with van der Waals surface area (Å²) in [6.45, 7) is 0. The molecule has 0 spiro atoms. The van der Waals surface area contributed by atoms with E-state index in [1.807, 2.05) is 0 Å². The number of anilines is 2. The second kappa shape index (κ2) is 9.23. The van der Waals surface area contributed by atoms with E-state index in [1.165, 1.54) is 12.0 Å². The standard InChI is InChI=1S/C23H22Br2N2O5/c1-31-14-7-8-20(32-2)19(9-14)26-21(28)12-3-5-13(6-4-12)27-22(29)15-10-17(24)18(25)11-16(15)23(27)30/h3-9,15-18H,10-11H2,1-2H3,(H,26,28)/t15-,16+,17+,18-. The van der Waals surface area contributed by atoms with E-state index in [1.54, 1.807) is 49.6 Å². The number of hydrogen-bond acceptors (Lipinski definition) is 5. The number of fused-ring (bicyclic) bond motifs is 1. The van der Waals surface area contributed by atoms with Crippen LogP contribution >= 0.6 is 31.9 Å². The van der Waals surface area contributed by atoms with Crippen LogP contribution in [-0.4, -0.2) is 41.6 Å². The Hall–Kier alpha value is -2.39. The van der Waals surface area contributed by atoms with Crippen LogP contribution in [0.2, 0.25) is 0 Å². The van der Waals surface area contributed by atoms with E-state index in [9.17, 15) is 14.4 Å². The Labute approximate surface area is 202 Å².